The molecular weight excluding hydrogens is 294 g/mol. The average Bonchev–Trinajstić information content (AvgIpc) is 2.51. The van der Waals surface area contributed by atoms with Crippen LogP contribution in [0, 0.1) is 0 Å². The van der Waals surface area contributed by atoms with E-state index in [1.807, 2.05) is 6.92 Å². The lowest BCUT2D eigenvalue weighted by atomic mass is 10.2. The molecule has 7 heteroatoms. The van der Waals surface area contributed by atoms with Crippen LogP contribution in [0.3, 0.4) is 0 Å². The van der Waals surface area contributed by atoms with Crippen LogP contribution in [0.4, 0.5) is 0 Å². The fourth-order valence-electron chi connectivity index (χ4n) is 1.69. The van der Waals surface area contributed by atoms with Crippen LogP contribution in [-0.4, -0.2) is 35.8 Å². The van der Waals surface area contributed by atoms with E-state index in [2.05, 4.69) is 15.0 Å². The van der Waals surface area contributed by atoms with Gasteiger partial charge in [-0.05, 0) is 30.2 Å². The zero-order valence-electron chi connectivity index (χ0n) is 12.1. The number of aromatic nitrogens is 3. The normalized spacial score (nSPS) is 10.3. The van der Waals surface area contributed by atoms with E-state index in [9.17, 15) is 0 Å². The smallest absolute Gasteiger partial charge is 0.321 e. The highest BCUT2D eigenvalue weighted by Crippen LogP contribution is 2.32. The summed E-state index contributed by atoms with van der Waals surface area (Å²) in [6.07, 6.45) is 0.852. The number of halogens is 1. The zero-order chi connectivity index (χ0) is 15.2. The predicted molar refractivity (Wildman–Crippen MR) is 79.2 cm³/mol. The first kappa shape index (κ1) is 15.3. The fraction of sp³-hybridized carbons (Fsp3) is 0.357. The van der Waals surface area contributed by atoms with E-state index in [0.717, 1.165) is 6.42 Å². The van der Waals surface area contributed by atoms with Crippen LogP contribution in [-0.2, 0) is 0 Å². The maximum Gasteiger partial charge on any atom is 0.321 e. The molecule has 0 fully saturated rings. The lowest BCUT2D eigenvalue weighted by Gasteiger charge is -2.10. The molecule has 2 rings (SSSR count). The van der Waals surface area contributed by atoms with Crippen molar-refractivity contribution in [2.45, 2.75) is 13.3 Å². The number of nitrogens with zero attached hydrogens (tertiary/aromatic N) is 3. The monoisotopic (exact) mass is 309 g/mol. The summed E-state index contributed by atoms with van der Waals surface area (Å²) in [5.41, 5.74) is 0.684. The second kappa shape index (κ2) is 7.08. The van der Waals surface area contributed by atoms with Gasteiger partial charge in [0.15, 0.2) is 5.82 Å². The second-order valence-electron chi connectivity index (χ2n) is 4.13. The highest BCUT2D eigenvalue weighted by molar-refractivity contribution is 6.28. The van der Waals surface area contributed by atoms with E-state index in [1.54, 1.807) is 32.4 Å². The molecule has 0 atom stereocenters. The van der Waals surface area contributed by atoms with Gasteiger partial charge < -0.3 is 14.2 Å². The Labute approximate surface area is 128 Å². The van der Waals surface area contributed by atoms with Gasteiger partial charge in [0.05, 0.1) is 26.4 Å². The van der Waals surface area contributed by atoms with Crippen LogP contribution < -0.4 is 14.2 Å². The number of hydrogen-bond acceptors (Lipinski definition) is 6. The maximum atomic E-state index is 5.93. The predicted octanol–water partition coefficient (Wildman–Crippen LogP) is 3.00. The molecule has 0 aliphatic heterocycles. The van der Waals surface area contributed by atoms with Crippen molar-refractivity contribution < 1.29 is 14.2 Å². The van der Waals surface area contributed by atoms with E-state index in [-0.39, 0.29) is 11.3 Å². The van der Waals surface area contributed by atoms with E-state index >= 15 is 0 Å². The van der Waals surface area contributed by atoms with E-state index in [0.29, 0.717) is 29.5 Å². The van der Waals surface area contributed by atoms with Gasteiger partial charge in [0.1, 0.15) is 11.5 Å². The van der Waals surface area contributed by atoms with Gasteiger partial charge in [0.25, 0.3) is 0 Å². The molecule has 1 aromatic heterocycles. The van der Waals surface area contributed by atoms with Gasteiger partial charge in [-0.3, -0.25) is 0 Å². The average molecular weight is 310 g/mol. The molecular formula is C14H16ClN3O3. The molecule has 0 aliphatic rings. The van der Waals surface area contributed by atoms with Crippen molar-refractivity contribution in [3.63, 3.8) is 0 Å². The van der Waals surface area contributed by atoms with Crippen LogP contribution in [0.2, 0.25) is 5.28 Å². The third kappa shape index (κ3) is 3.72. The molecule has 1 heterocycles. The van der Waals surface area contributed by atoms with Crippen molar-refractivity contribution in [3.8, 4) is 28.9 Å². The number of benzene rings is 1. The SMILES string of the molecule is CCCOc1nc(Cl)nc(-c2ccc(OC)cc2OC)n1. The van der Waals surface area contributed by atoms with E-state index < -0.39 is 0 Å². The highest BCUT2D eigenvalue weighted by Gasteiger charge is 2.13. The molecule has 6 nitrogen and oxygen atoms in total. The summed E-state index contributed by atoms with van der Waals surface area (Å²) in [5.74, 6) is 1.65. The summed E-state index contributed by atoms with van der Waals surface area (Å²) in [6.45, 7) is 2.51. The highest BCUT2D eigenvalue weighted by atomic mass is 35.5. The first-order chi connectivity index (χ1) is 10.2. The quantitative estimate of drug-likeness (QED) is 0.817. The molecule has 0 N–H and O–H groups in total. The van der Waals surface area contributed by atoms with E-state index in [4.69, 9.17) is 25.8 Å². The third-order valence-electron chi connectivity index (χ3n) is 2.67. The second-order valence-corrected chi connectivity index (χ2v) is 4.46. The van der Waals surface area contributed by atoms with Crippen LogP contribution in [0.5, 0.6) is 17.5 Å². The molecule has 0 radical (unpaired) electrons. The topological polar surface area (TPSA) is 66.4 Å². The Hall–Kier alpha value is -2.08. The Bertz CT molecular complexity index is 622. The summed E-state index contributed by atoms with van der Waals surface area (Å²) in [4.78, 5) is 12.3. The molecule has 0 amide bonds. The Morgan fingerprint density at radius 3 is 2.57 bits per heavy atom. The summed E-state index contributed by atoms with van der Waals surface area (Å²) in [5, 5.41) is 0.0731. The van der Waals surface area contributed by atoms with Gasteiger partial charge in [0, 0.05) is 6.07 Å². The Balaban J connectivity index is 2.43. The lowest BCUT2D eigenvalue weighted by Crippen LogP contribution is -2.03. The van der Waals surface area contributed by atoms with Crippen molar-refractivity contribution >= 4 is 11.6 Å². The summed E-state index contributed by atoms with van der Waals surface area (Å²) in [7, 11) is 3.15. The van der Waals surface area contributed by atoms with Gasteiger partial charge >= 0.3 is 6.01 Å². The van der Waals surface area contributed by atoms with Gasteiger partial charge in [-0.25, -0.2) is 0 Å². The Kier molecular flexibility index (Phi) is 5.16. The summed E-state index contributed by atoms with van der Waals surface area (Å²) < 4.78 is 15.9. The van der Waals surface area contributed by atoms with Crippen molar-refractivity contribution in [2.75, 3.05) is 20.8 Å². The molecule has 2 aromatic rings. The van der Waals surface area contributed by atoms with Crippen molar-refractivity contribution in [1.82, 2.24) is 15.0 Å². The molecule has 112 valence electrons. The summed E-state index contributed by atoms with van der Waals surface area (Å²) >= 11 is 5.93. The standard InChI is InChI=1S/C14H16ClN3O3/c1-4-7-21-14-17-12(16-13(15)18-14)10-6-5-9(19-2)8-11(10)20-3/h5-6,8H,4,7H2,1-3H3. The van der Waals surface area contributed by atoms with Crippen molar-refractivity contribution in [3.05, 3.63) is 23.5 Å². The minimum absolute atomic E-state index is 0.0731. The van der Waals surface area contributed by atoms with Gasteiger partial charge in [0.2, 0.25) is 5.28 Å². The lowest BCUT2D eigenvalue weighted by molar-refractivity contribution is 0.291. The van der Waals surface area contributed by atoms with Crippen LogP contribution in [0.1, 0.15) is 13.3 Å². The summed E-state index contributed by atoms with van der Waals surface area (Å²) in [6, 6.07) is 5.54. The molecule has 1 aromatic carbocycles. The minimum atomic E-state index is 0.0731. The molecule has 0 saturated carbocycles. The van der Waals surface area contributed by atoms with Crippen LogP contribution in [0.15, 0.2) is 18.2 Å². The Morgan fingerprint density at radius 1 is 1.10 bits per heavy atom. The number of rotatable bonds is 6. The van der Waals surface area contributed by atoms with Crippen molar-refractivity contribution in [1.29, 1.82) is 0 Å². The molecule has 0 unspecified atom stereocenters. The largest absolute Gasteiger partial charge is 0.497 e. The van der Waals surface area contributed by atoms with Crippen LogP contribution >= 0.6 is 11.6 Å². The number of hydrogen-bond donors (Lipinski definition) is 0. The van der Waals surface area contributed by atoms with Crippen molar-refractivity contribution in [2.24, 2.45) is 0 Å². The van der Waals surface area contributed by atoms with Gasteiger partial charge in [-0.15, -0.1) is 0 Å². The molecule has 0 bridgehead atoms. The fourth-order valence-corrected chi connectivity index (χ4v) is 1.85. The third-order valence-corrected chi connectivity index (χ3v) is 2.84. The maximum absolute atomic E-state index is 5.93. The molecule has 0 aliphatic carbocycles. The zero-order valence-corrected chi connectivity index (χ0v) is 12.8. The molecule has 21 heavy (non-hydrogen) atoms. The first-order valence-electron chi connectivity index (χ1n) is 6.44. The first-order valence-corrected chi connectivity index (χ1v) is 6.82. The van der Waals surface area contributed by atoms with E-state index in [1.165, 1.54) is 0 Å². The van der Waals surface area contributed by atoms with Gasteiger partial charge in [-0.1, -0.05) is 6.92 Å². The molecule has 0 saturated heterocycles. The number of methoxy groups -OCH3 is 2. The minimum Gasteiger partial charge on any atom is -0.497 e. The van der Waals surface area contributed by atoms with Crippen LogP contribution in [0.25, 0.3) is 11.4 Å². The Morgan fingerprint density at radius 2 is 1.90 bits per heavy atom. The molecule has 0 spiro atoms. The van der Waals surface area contributed by atoms with Gasteiger partial charge in [-0.2, -0.15) is 15.0 Å². The number of ether oxygens (including phenoxy) is 3.